The number of nitrogens with zero attached hydrogens (tertiary/aromatic N) is 1. The maximum Gasteiger partial charge on any atom is 0.222 e. The second-order valence-electron chi connectivity index (χ2n) is 4.17. The quantitative estimate of drug-likeness (QED) is 0.735. The summed E-state index contributed by atoms with van der Waals surface area (Å²) in [6, 6.07) is 0. The van der Waals surface area contributed by atoms with Crippen molar-refractivity contribution in [2.24, 2.45) is 0 Å². The van der Waals surface area contributed by atoms with Gasteiger partial charge in [-0.2, -0.15) is 11.8 Å². The van der Waals surface area contributed by atoms with E-state index < -0.39 is 0 Å². The van der Waals surface area contributed by atoms with Crippen molar-refractivity contribution in [1.82, 2.24) is 4.90 Å². The summed E-state index contributed by atoms with van der Waals surface area (Å²) in [4.78, 5) is 13.8. The fraction of sp³-hybridized carbons (Fsp3) is 0.909. The monoisotopic (exact) mass is 229 g/mol. The fourth-order valence-electron chi connectivity index (χ4n) is 2.13. The minimum Gasteiger partial charge on any atom is -0.378 e. The molecule has 0 spiro atoms. The van der Waals surface area contributed by atoms with E-state index in [0.717, 1.165) is 44.0 Å². The summed E-state index contributed by atoms with van der Waals surface area (Å²) >= 11 is 1.94. The lowest BCUT2D eigenvalue weighted by Gasteiger charge is -2.26. The maximum absolute atomic E-state index is 11.8. The van der Waals surface area contributed by atoms with Crippen molar-refractivity contribution < 1.29 is 9.53 Å². The van der Waals surface area contributed by atoms with E-state index in [4.69, 9.17) is 4.74 Å². The van der Waals surface area contributed by atoms with Crippen molar-refractivity contribution in [1.29, 1.82) is 0 Å². The molecule has 1 unspecified atom stereocenters. The molecule has 0 aromatic carbocycles. The van der Waals surface area contributed by atoms with E-state index in [-0.39, 0.29) is 0 Å². The first-order valence-electron chi connectivity index (χ1n) is 5.83. The molecule has 0 saturated carbocycles. The highest BCUT2D eigenvalue weighted by Crippen LogP contribution is 2.18. The normalized spacial score (nSPS) is 26.9. The minimum absolute atomic E-state index is 0.325. The molecule has 0 radical (unpaired) electrons. The van der Waals surface area contributed by atoms with Crippen LogP contribution in [-0.4, -0.2) is 48.1 Å². The smallest absolute Gasteiger partial charge is 0.222 e. The van der Waals surface area contributed by atoms with E-state index in [1.165, 1.54) is 6.42 Å². The molecule has 0 bridgehead atoms. The van der Waals surface area contributed by atoms with Crippen molar-refractivity contribution in [3.05, 3.63) is 0 Å². The molecule has 15 heavy (non-hydrogen) atoms. The van der Waals surface area contributed by atoms with Crippen LogP contribution in [0.3, 0.4) is 0 Å². The lowest BCUT2D eigenvalue weighted by atomic mass is 10.1. The van der Waals surface area contributed by atoms with E-state index in [0.29, 0.717) is 18.4 Å². The van der Waals surface area contributed by atoms with Gasteiger partial charge in [0.15, 0.2) is 0 Å². The van der Waals surface area contributed by atoms with Gasteiger partial charge in [-0.25, -0.2) is 0 Å². The molecule has 0 N–H and O–H groups in total. The van der Waals surface area contributed by atoms with Gasteiger partial charge in [0, 0.05) is 37.6 Å². The number of thioether (sulfide) groups is 1. The average molecular weight is 229 g/mol. The van der Waals surface area contributed by atoms with Crippen molar-refractivity contribution in [2.75, 3.05) is 31.2 Å². The number of carbonyl (C=O) groups excluding carboxylic acids is 1. The Bertz CT molecular complexity index is 211. The van der Waals surface area contributed by atoms with Crippen molar-refractivity contribution in [3.8, 4) is 0 Å². The van der Waals surface area contributed by atoms with Crippen LogP contribution in [-0.2, 0) is 9.53 Å². The molecule has 2 heterocycles. The van der Waals surface area contributed by atoms with Gasteiger partial charge in [0.2, 0.25) is 5.91 Å². The molecule has 86 valence electrons. The van der Waals surface area contributed by atoms with E-state index >= 15 is 0 Å². The molecular weight excluding hydrogens is 210 g/mol. The molecule has 0 aliphatic carbocycles. The first-order chi connectivity index (χ1) is 7.36. The van der Waals surface area contributed by atoms with Crippen LogP contribution in [0.25, 0.3) is 0 Å². The van der Waals surface area contributed by atoms with Gasteiger partial charge in [-0.05, 0) is 19.3 Å². The Labute approximate surface area is 95.5 Å². The van der Waals surface area contributed by atoms with Gasteiger partial charge in [-0.1, -0.05) is 0 Å². The zero-order valence-corrected chi connectivity index (χ0v) is 9.93. The number of ether oxygens (including phenoxy) is 1. The Morgan fingerprint density at radius 1 is 1.40 bits per heavy atom. The molecule has 2 rings (SSSR count). The van der Waals surface area contributed by atoms with Crippen molar-refractivity contribution in [3.63, 3.8) is 0 Å². The molecular formula is C11H19NO2S. The Kier molecular flexibility index (Phi) is 4.32. The van der Waals surface area contributed by atoms with Crippen LogP contribution >= 0.6 is 11.8 Å². The Morgan fingerprint density at radius 3 is 2.87 bits per heavy atom. The number of amides is 1. The SMILES string of the molecule is O=C(CCC1CCCO1)N1CCSCC1. The van der Waals surface area contributed by atoms with Crippen molar-refractivity contribution in [2.45, 2.75) is 31.8 Å². The van der Waals surface area contributed by atoms with E-state index in [2.05, 4.69) is 0 Å². The Balaban J connectivity index is 1.66. The molecule has 1 amide bonds. The third kappa shape index (κ3) is 3.38. The van der Waals surface area contributed by atoms with Crippen LogP contribution in [0.2, 0.25) is 0 Å². The average Bonchev–Trinajstić information content (AvgIpc) is 2.80. The number of hydrogen-bond donors (Lipinski definition) is 0. The third-order valence-corrected chi connectivity index (χ3v) is 4.01. The maximum atomic E-state index is 11.8. The summed E-state index contributed by atoms with van der Waals surface area (Å²) in [6.45, 7) is 2.77. The minimum atomic E-state index is 0.325. The zero-order valence-electron chi connectivity index (χ0n) is 9.11. The fourth-order valence-corrected chi connectivity index (χ4v) is 3.03. The number of carbonyl (C=O) groups is 1. The van der Waals surface area contributed by atoms with Gasteiger partial charge in [-0.3, -0.25) is 4.79 Å². The van der Waals surface area contributed by atoms with Crippen LogP contribution in [0.5, 0.6) is 0 Å². The molecule has 0 aromatic rings. The molecule has 2 aliphatic rings. The van der Waals surface area contributed by atoms with Crippen LogP contribution < -0.4 is 0 Å². The summed E-state index contributed by atoms with van der Waals surface area (Å²) in [6.07, 6.45) is 4.26. The van der Waals surface area contributed by atoms with E-state index in [1.54, 1.807) is 0 Å². The van der Waals surface area contributed by atoms with E-state index in [1.807, 2.05) is 16.7 Å². The first kappa shape index (κ1) is 11.3. The van der Waals surface area contributed by atoms with E-state index in [9.17, 15) is 4.79 Å². The predicted molar refractivity (Wildman–Crippen MR) is 62.1 cm³/mol. The van der Waals surface area contributed by atoms with Gasteiger partial charge in [-0.15, -0.1) is 0 Å². The first-order valence-corrected chi connectivity index (χ1v) is 6.99. The highest BCUT2D eigenvalue weighted by Gasteiger charge is 2.20. The molecule has 2 fully saturated rings. The van der Waals surface area contributed by atoms with Gasteiger partial charge >= 0.3 is 0 Å². The number of hydrogen-bond acceptors (Lipinski definition) is 3. The molecule has 1 atom stereocenters. The summed E-state index contributed by atoms with van der Waals surface area (Å²) in [5.74, 6) is 2.53. The summed E-state index contributed by atoms with van der Waals surface area (Å²) in [5.41, 5.74) is 0. The van der Waals surface area contributed by atoms with Crippen LogP contribution in [0.15, 0.2) is 0 Å². The second-order valence-corrected chi connectivity index (χ2v) is 5.39. The molecule has 2 saturated heterocycles. The van der Waals surface area contributed by atoms with Gasteiger partial charge in [0.25, 0.3) is 0 Å². The highest BCUT2D eigenvalue weighted by atomic mass is 32.2. The summed E-state index contributed by atoms with van der Waals surface area (Å²) in [5, 5.41) is 0. The standard InChI is InChI=1S/C11H19NO2S/c13-11(12-5-8-15-9-6-12)4-3-10-2-1-7-14-10/h10H,1-9H2. The van der Waals surface area contributed by atoms with Gasteiger partial charge in [0.05, 0.1) is 6.10 Å². The molecule has 3 nitrogen and oxygen atoms in total. The van der Waals surface area contributed by atoms with Crippen molar-refractivity contribution >= 4 is 17.7 Å². The lowest BCUT2D eigenvalue weighted by molar-refractivity contribution is -0.131. The highest BCUT2D eigenvalue weighted by molar-refractivity contribution is 7.99. The second kappa shape index (κ2) is 5.75. The molecule has 0 aromatic heterocycles. The Hall–Kier alpha value is -0.220. The number of rotatable bonds is 3. The molecule has 4 heteroatoms. The predicted octanol–water partition coefficient (Wildman–Crippen LogP) is 1.52. The largest absolute Gasteiger partial charge is 0.378 e. The summed E-state index contributed by atoms with van der Waals surface area (Å²) in [7, 11) is 0. The lowest BCUT2D eigenvalue weighted by Crippen LogP contribution is -2.38. The zero-order chi connectivity index (χ0) is 10.5. The van der Waals surface area contributed by atoms with Gasteiger partial charge < -0.3 is 9.64 Å². The third-order valence-electron chi connectivity index (χ3n) is 3.07. The van der Waals surface area contributed by atoms with Crippen LogP contribution in [0.1, 0.15) is 25.7 Å². The summed E-state index contributed by atoms with van der Waals surface area (Å²) < 4.78 is 5.52. The Morgan fingerprint density at radius 2 is 2.20 bits per heavy atom. The topological polar surface area (TPSA) is 29.5 Å². The molecule has 2 aliphatic heterocycles. The van der Waals surface area contributed by atoms with Crippen LogP contribution in [0, 0.1) is 0 Å². The van der Waals surface area contributed by atoms with Gasteiger partial charge in [0.1, 0.15) is 0 Å². The van der Waals surface area contributed by atoms with Crippen LogP contribution in [0.4, 0.5) is 0 Å².